The van der Waals surface area contributed by atoms with Crippen LogP contribution in [0.5, 0.6) is 0 Å². The molecule has 0 radical (unpaired) electrons. The summed E-state index contributed by atoms with van der Waals surface area (Å²) < 4.78 is 0. The highest BCUT2D eigenvalue weighted by Crippen LogP contribution is 2.20. The quantitative estimate of drug-likeness (QED) is 0.857. The van der Waals surface area contributed by atoms with Crippen LogP contribution in [0.2, 0.25) is 5.02 Å². The Bertz CT molecular complexity index is 377. The summed E-state index contributed by atoms with van der Waals surface area (Å²) in [5.41, 5.74) is 0.629. The van der Waals surface area contributed by atoms with Crippen molar-refractivity contribution in [1.29, 1.82) is 0 Å². The molecule has 1 fully saturated rings. The van der Waals surface area contributed by atoms with E-state index in [1.807, 2.05) is 0 Å². The van der Waals surface area contributed by atoms with Crippen LogP contribution in [0.15, 0.2) is 24.3 Å². The van der Waals surface area contributed by atoms with Crippen molar-refractivity contribution in [2.75, 3.05) is 13.2 Å². The molecule has 0 aliphatic carbocycles. The Hall–Kier alpha value is -1.06. The third kappa shape index (κ3) is 2.20. The molecular weight excluding hydrogens is 226 g/mol. The third-order valence-electron chi connectivity index (χ3n) is 2.94. The van der Waals surface area contributed by atoms with Crippen molar-refractivity contribution in [1.82, 2.24) is 4.90 Å². The first kappa shape index (κ1) is 11.4. The van der Waals surface area contributed by atoms with Gasteiger partial charge >= 0.3 is 0 Å². The minimum atomic E-state index is -0.0248. The highest BCUT2D eigenvalue weighted by molar-refractivity contribution is 6.30. The summed E-state index contributed by atoms with van der Waals surface area (Å²) in [6, 6.07) is 6.83. The molecule has 1 amide bonds. The Morgan fingerprint density at radius 1 is 1.44 bits per heavy atom. The third-order valence-corrected chi connectivity index (χ3v) is 3.19. The fourth-order valence-electron chi connectivity index (χ4n) is 2.05. The first-order chi connectivity index (χ1) is 7.72. The van der Waals surface area contributed by atoms with E-state index in [2.05, 4.69) is 0 Å². The number of nitrogens with zero attached hydrogens (tertiary/aromatic N) is 1. The van der Waals surface area contributed by atoms with E-state index in [-0.39, 0.29) is 18.6 Å². The second-order valence-corrected chi connectivity index (χ2v) is 4.42. The second-order valence-electron chi connectivity index (χ2n) is 3.98. The SMILES string of the molecule is O=C(c1ccc(Cl)cc1)N1CCC[C@@H]1CO. The number of carbonyl (C=O) groups excluding carboxylic acids is 1. The lowest BCUT2D eigenvalue weighted by molar-refractivity contribution is 0.0677. The fraction of sp³-hybridized carbons (Fsp3) is 0.417. The van der Waals surface area contributed by atoms with Crippen LogP contribution < -0.4 is 0 Å². The average Bonchev–Trinajstić information content (AvgIpc) is 2.77. The van der Waals surface area contributed by atoms with Gasteiger partial charge in [-0.25, -0.2) is 0 Å². The number of halogens is 1. The number of likely N-dealkylation sites (tertiary alicyclic amines) is 1. The highest BCUT2D eigenvalue weighted by Gasteiger charge is 2.28. The summed E-state index contributed by atoms with van der Waals surface area (Å²) in [6.07, 6.45) is 1.85. The minimum absolute atomic E-state index is 0.0202. The topological polar surface area (TPSA) is 40.5 Å². The van der Waals surface area contributed by atoms with Gasteiger partial charge in [-0.3, -0.25) is 4.79 Å². The van der Waals surface area contributed by atoms with Crippen molar-refractivity contribution in [3.05, 3.63) is 34.9 Å². The van der Waals surface area contributed by atoms with Gasteiger partial charge in [0.05, 0.1) is 12.6 Å². The molecule has 4 heteroatoms. The van der Waals surface area contributed by atoms with Gasteiger partial charge in [-0.1, -0.05) is 11.6 Å². The summed E-state index contributed by atoms with van der Waals surface area (Å²) in [7, 11) is 0. The number of aliphatic hydroxyl groups excluding tert-OH is 1. The Morgan fingerprint density at radius 3 is 2.75 bits per heavy atom. The Balaban J connectivity index is 2.15. The molecule has 0 saturated carbocycles. The van der Waals surface area contributed by atoms with E-state index in [0.29, 0.717) is 10.6 Å². The van der Waals surface area contributed by atoms with E-state index in [4.69, 9.17) is 16.7 Å². The molecule has 1 aliphatic rings. The number of benzene rings is 1. The summed E-state index contributed by atoms with van der Waals surface area (Å²) >= 11 is 5.77. The van der Waals surface area contributed by atoms with E-state index >= 15 is 0 Å². The zero-order chi connectivity index (χ0) is 11.5. The molecule has 0 bridgehead atoms. The van der Waals surface area contributed by atoms with Crippen LogP contribution in [-0.4, -0.2) is 35.1 Å². The lowest BCUT2D eigenvalue weighted by atomic mass is 10.2. The molecule has 1 aromatic rings. The summed E-state index contributed by atoms with van der Waals surface area (Å²) in [5.74, 6) is -0.0202. The zero-order valence-electron chi connectivity index (χ0n) is 8.90. The molecule has 1 aliphatic heterocycles. The molecule has 0 aromatic heterocycles. The van der Waals surface area contributed by atoms with Crippen LogP contribution >= 0.6 is 11.6 Å². The first-order valence-electron chi connectivity index (χ1n) is 5.40. The van der Waals surface area contributed by atoms with Crippen LogP contribution in [0, 0.1) is 0 Å². The van der Waals surface area contributed by atoms with Gasteiger partial charge in [0.2, 0.25) is 0 Å². The van der Waals surface area contributed by atoms with Gasteiger partial charge < -0.3 is 10.0 Å². The van der Waals surface area contributed by atoms with Crippen molar-refractivity contribution >= 4 is 17.5 Å². The predicted octanol–water partition coefficient (Wildman–Crippen LogP) is 1.94. The average molecular weight is 240 g/mol. The van der Waals surface area contributed by atoms with Crippen LogP contribution in [0.3, 0.4) is 0 Å². The molecule has 1 aromatic carbocycles. The Morgan fingerprint density at radius 2 is 2.12 bits per heavy atom. The number of rotatable bonds is 2. The molecule has 86 valence electrons. The molecule has 0 spiro atoms. The van der Waals surface area contributed by atoms with Gasteiger partial charge in [-0.05, 0) is 37.1 Å². The monoisotopic (exact) mass is 239 g/mol. The zero-order valence-corrected chi connectivity index (χ0v) is 9.65. The minimum Gasteiger partial charge on any atom is -0.394 e. The molecule has 1 N–H and O–H groups in total. The second kappa shape index (κ2) is 4.85. The van der Waals surface area contributed by atoms with Gasteiger partial charge in [0.1, 0.15) is 0 Å². The maximum absolute atomic E-state index is 12.1. The highest BCUT2D eigenvalue weighted by atomic mass is 35.5. The Kier molecular flexibility index (Phi) is 3.46. The maximum atomic E-state index is 12.1. The molecule has 1 atom stereocenters. The largest absolute Gasteiger partial charge is 0.394 e. The summed E-state index contributed by atoms with van der Waals surface area (Å²) in [5, 5.41) is 9.78. The van der Waals surface area contributed by atoms with Crippen LogP contribution in [0.1, 0.15) is 23.2 Å². The molecule has 3 nitrogen and oxygen atoms in total. The molecule has 1 saturated heterocycles. The first-order valence-corrected chi connectivity index (χ1v) is 5.77. The Labute approximate surface area is 99.6 Å². The van der Waals surface area contributed by atoms with E-state index in [9.17, 15) is 4.79 Å². The molecule has 0 unspecified atom stereocenters. The molecule has 2 rings (SSSR count). The van der Waals surface area contributed by atoms with Gasteiger partial charge in [0.15, 0.2) is 0 Å². The number of hydrogen-bond acceptors (Lipinski definition) is 2. The van der Waals surface area contributed by atoms with Crippen molar-refractivity contribution in [3.63, 3.8) is 0 Å². The van der Waals surface area contributed by atoms with Crippen LogP contribution in [-0.2, 0) is 0 Å². The van der Waals surface area contributed by atoms with Gasteiger partial charge in [-0.2, -0.15) is 0 Å². The fourth-order valence-corrected chi connectivity index (χ4v) is 2.18. The van der Waals surface area contributed by atoms with Crippen molar-refractivity contribution in [3.8, 4) is 0 Å². The van der Waals surface area contributed by atoms with Crippen LogP contribution in [0.4, 0.5) is 0 Å². The predicted molar refractivity (Wildman–Crippen MR) is 62.6 cm³/mol. The number of hydrogen-bond donors (Lipinski definition) is 1. The van der Waals surface area contributed by atoms with Crippen molar-refractivity contribution < 1.29 is 9.90 Å². The van der Waals surface area contributed by atoms with E-state index in [1.54, 1.807) is 29.2 Å². The van der Waals surface area contributed by atoms with Crippen LogP contribution in [0.25, 0.3) is 0 Å². The van der Waals surface area contributed by atoms with E-state index in [1.165, 1.54) is 0 Å². The van der Waals surface area contributed by atoms with E-state index < -0.39 is 0 Å². The summed E-state index contributed by atoms with van der Waals surface area (Å²) in [4.78, 5) is 13.8. The smallest absolute Gasteiger partial charge is 0.254 e. The van der Waals surface area contributed by atoms with Crippen molar-refractivity contribution in [2.24, 2.45) is 0 Å². The van der Waals surface area contributed by atoms with Gasteiger partial charge in [0.25, 0.3) is 5.91 Å². The number of carbonyl (C=O) groups is 1. The molecule has 16 heavy (non-hydrogen) atoms. The normalized spacial score (nSPS) is 20.1. The summed E-state index contributed by atoms with van der Waals surface area (Å²) in [6.45, 7) is 0.770. The molecule has 1 heterocycles. The maximum Gasteiger partial charge on any atom is 0.254 e. The van der Waals surface area contributed by atoms with E-state index in [0.717, 1.165) is 19.4 Å². The standard InChI is InChI=1S/C12H14ClNO2/c13-10-5-3-9(4-6-10)12(16)14-7-1-2-11(14)8-15/h3-6,11,15H,1-2,7-8H2/t11-/m1/s1. The molecular formula is C12H14ClNO2. The lowest BCUT2D eigenvalue weighted by Crippen LogP contribution is -2.37. The lowest BCUT2D eigenvalue weighted by Gasteiger charge is -2.23. The van der Waals surface area contributed by atoms with Gasteiger partial charge in [-0.15, -0.1) is 0 Å². The number of amides is 1. The van der Waals surface area contributed by atoms with Gasteiger partial charge in [0, 0.05) is 17.1 Å². The number of aliphatic hydroxyl groups is 1. The van der Waals surface area contributed by atoms with Crippen molar-refractivity contribution in [2.45, 2.75) is 18.9 Å².